The maximum Gasteiger partial charge on any atom is 0.243 e. The van der Waals surface area contributed by atoms with Crippen LogP contribution in [-0.4, -0.2) is 25.0 Å². The fourth-order valence-corrected chi connectivity index (χ4v) is 2.28. The molecule has 0 aliphatic rings. The molecule has 0 aliphatic carbocycles. The summed E-state index contributed by atoms with van der Waals surface area (Å²) in [6.45, 7) is 4.77. The van der Waals surface area contributed by atoms with Crippen LogP contribution < -0.4 is 20.7 Å². The zero-order chi connectivity index (χ0) is 19.5. The maximum absolute atomic E-state index is 12.1. The summed E-state index contributed by atoms with van der Waals surface area (Å²) < 4.78 is 5.60. The Kier molecular flexibility index (Phi) is 8.16. The largest absolute Gasteiger partial charge is 0.494 e. The first-order valence-corrected chi connectivity index (χ1v) is 9.27. The lowest BCUT2D eigenvalue weighted by Gasteiger charge is -2.10. The van der Waals surface area contributed by atoms with Crippen molar-refractivity contribution in [3.8, 4) is 5.75 Å². The smallest absolute Gasteiger partial charge is 0.243 e. The van der Waals surface area contributed by atoms with Crippen LogP contribution in [0.1, 0.15) is 33.1 Å². The quantitative estimate of drug-likeness (QED) is 0.547. The highest BCUT2D eigenvalue weighted by Gasteiger charge is 2.04. The molecular weight excluding hydrogens is 342 g/mol. The van der Waals surface area contributed by atoms with Crippen LogP contribution in [0.2, 0.25) is 0 Å². The van der Waals surface area contributed by atoms with Crippen molar-refractivity contribution in [3.63, 3.8) is 0 Å². The third-order valence-corrected chi connectivity index (χ3v) is 3.85. The van der Waals surface area contributed by atoms with Crippen molar-refractivity contribution in [1.29, 1.82) is 0 Å². The molecule has 2 amide bonds. The fraction of sp³-hybridized carbons (Fsp3) is 0.333. The highest BCUT2D eigenvalue weighted by Crippen LogP contribution is 2.16. The van der Waals surface area contributed by atoms with Crippen molar-refractivity contribution in [2.24, 2.45) is 0 Å². The summed E-state index contributed by atoms with van der Waals surface area (Å²) in [7, 11) is 0. The predicted octanol–water partition coefficient (Wildman–Crippen LogP) is 4.26. The minimum Gasteiger partial charge on any atom is -0.494 e. The van der Waals surface area contributed by atoms with Gasteiger partial charge in [0.15, 0.2) is 0 Å². The summed E-state index contributed by atoms with van der Waals surface area (Å²) in [6, 6.07) is 14.6. The van der Waals surface area contributed by atoms with E-state index in [2.05, 4.69) is 22.9 Å². The SMILES string of the molecule is CCCCOc1ccc(NC(=O)CNc2ccc(NC(=O)CC)cc2)cc1. The van der Waals surface area contributed by atoms with Crippen LogP contribution in [-0.2, 0) is 9.59 Å². The van der Waals surface area contributed by atoms with Crippen molar-refractivity contribution in [3.05, 3.63) is 48.5 Å². The van der Waals surface area contributed by atoms with E-state index in [-0.39, 0.29) is 18.4 Å². The molecule has 0 fully saturated rings. The molecule has 3 N–H and O–H groups in total. The third-order valence-electron chi connectivity index (χ3n) is 3.85. The molecule has 0 atom stereocenters. The van der Waals surface area contributed by atoms with Crippen LogP contribution in [0.4, 0.5) is 17.1 Å². The van der Waals surface area contributed by atoms with E-state index in [1.165, 1.54) is 0 Å². The van der Waals surface area contributed by atoms with Gasteiger partial charge >= 0.3 is 0 Å². The second-order valence-corrected chi connectivity index (χ2v) is 6.11. The second-order valence-electron chi connectivity index (χ2n) is 6.11. The summed E-state index contributed by atoms with van der Waals surface area (Å²) >= 11 is 0. The van der Waals surface area contributed by atoms with Gasteiger partial charge in [-0.05, 0) is 55.0 Å². The zero-order valence-electron chi connectivity index (χ0n) is 15.9. The lowest BCUT2D eigenvalue weighted by molar-refractivity contribution is -0.116. The number of nitrogens with one attached hydrogen (secondary N) is 3. The van der Waals surface area contributed by atoms with Crippen molar-refractivity contribution in [2.75, 3.05) is 29.1 Å². The van der Waals surface area contributed by atoms with E-state index in [4.69, 9.17) is 4.74 Å². The molecule has 6 nitrogen and oxygen atoms in total. The Bertz CT molecular complexity index is 727. The second kappa shape index (κ2) is 10.9. The summed E-state index contributed by atoms with van der Waals surface area (Å²) in [5.74, 6) is 0.629. The summed E-state index contributed by atoms with van der Waals surface area (Å²) in [5.41, 5.74) is 2.26. The first-order chi connectivity index (χ1) is 13.1. The highest BCUT2D eigenvalue weighted by atomic mass is 16.5. The van der Waals surface area contributed by atoms with Gasteiger partial charge in [-0.2, -0.15) is 0 Å². The fourth-order valence-electron chi connectivity index (χ4n) is 2.28. The number of carbonyl (C=O) groups is 2. The third kappa shape index (κ3) is 7.40. The van der Waals surface area contributed by atoms with Crippen LogP contribution in [0.25, 0.3) is 0 Å². The average molecular weight is 369 g/mol. The minimum absolute atomic E-state index is 0.0307. The molecule has 6 heteroatoms. The number of unbranched alkanes of at least 4 members (excludes halogenated alkanes) is 1. The van der Waals surface area contributed by atoms with E-state index >= 15 is 0 Å². The molecular formula is C21H27N3O3. The Labute approximate surface area is 160 Å². The Hall–Kier alpha value is -3.02. The topological polar surface area (TPSA) is 79.5 Å². The van der Waals surface area contributed by atoms with Crippen LogP contribution in [0.3, 0.4) is 0 Å². The highest BCUT2D eigenvalue weighted by molar-refractivity contribution is 5.94. The number of carbonyl (C=O) groups excluding carboxylic acids is 2. The molecule has 0 bridgehead atoms. The number of benzene rings is 2. The summed E-state index contributed by atoms with van der Waals surface area (Å²) in [5, 5.41) is 8.67. The predicted molar refractivity (Wildman–Crippen MR) is 109 cm³/mol. The van der Waals surface area contributed by atoms with E-state index in [9.17, 15) is 9.59 Å². The van der Waals surface area contributed by atoms with Gasteiger partial charge in [-0.3, -0.25) is 9.59 Å². The van der Waals surface area contributed by atoms with Gasteiger partial charge in [0.05, 0.1) is 13.2 Å². The van der Waals surface area contributed by atoms with E-state index < -0.39 is 0 Å². The average Bonchev–Trinajstić information content (AvgIpc) is 2.69. The first kappa shape index (κ1) is 20.3. The molecule has 0 saturated carbocycles. The normalized spacial score (nSPS) is 10.1. The Balaban J connectivity index is 1.76. The Morgan fingerprint density at radius 3 is 1.96 bits per heavy atom. The van der Waals surface area contributed by atoms with Gasteiger partial charge in [0, 0.05) is 23.5 Å². The van der Waals surface area contributed by atoms with Gasteiger partial charge in [0.2, 0.25) is 11.8 Å². The summed E-state index contributed by atoms with van der Waals surface area (Å²) in [4.78, 5) is 23.4. The number of hydrogen-bond acceptors (Lipinski definition) is 4. The number of amides is 2. The molecule has 0 heterocycles. The van der Waals surface area contributed by atoms with E-state index in [1.54, 1.807) is 19.1 Å². The standard InChI is InChI=1S/C21H27N3O3/c1-3-5-14-27-19-12-10-18(11-13-19)24-21(26)15-22-16-6-8-17(9-7-16)23-20(25)4-2/h6-13,22H,3-5,14-15H2,1-2H3,(H,23,25)(H,24,26). The molecule has 0 aromatic heterocycles. The molecule has 0 spiro atoms. The van der Waals surface area contributed by atoms with Gasteiger partial charge < -0.3 is 20.7 Å². The lowest BCUT2D eigenvalue weighted by atomic mass is 10.2. The van der Waals surface area contributed by atoms with Crippen molar-refractivity contribution in [1.82, 2.24) is 0 Å². The van der Waals surface area contributed by atoms with E-state index in [0.29, 0.717) is 13.0 Å². The molecule has 27 heavy (non-hydrogen) atoms. The van der Waals surface area contributed by atoms with Gasteiger partial charge in [-0.1, -0.05) is 20.3 Å². The van der Waals surface area contributed by atoms with Crippen molar-refractivity contribution >= 4 is 28.9 Å². The first-order valence-electron chi connectivity index (χ1n) is 9.27. The van der Waals surface area contributed by atoms with Crippen LogP contribution in [0.15, 0.2) is 48.5 Å². The minimum atomic E-state index is -0.141. The van der Waals surface area contributed by atoms with Crippen molar-refractivity contribution < 1.29 is 14.3 Å². The zero-order valence-corrected chi connectivity index (χ0v) is 15.9. The molecule has 0 aliphatic heterocycles. The Morgan fingerprint density at radius 1 is 0.815 bits per heavy atom. The Morgan fingerprint density at radius 2 is 1.37 bits per heavy atom. The molecule has 144 valence electrons. The van der Waals surface area contributed by atoms with E-state index in [1.807, 2.05) is 36.4 Å². The van der Waals surface area contributed by atoms with Crippen molar-refractivity contribution in [2.45, 2.75) is 33.1 Å². The monoisotopic (exact) mass is 369 g/mol. The number of hydrogen-bond donors (Lipinski definition) is 3. The molecule has 0 unspecified atom stereocenters. The molecule has 0 radical (unpaired) electrons. The summed E-state index contributed by atoms with van der Waals surface area (Å²) in [6.07, 6.45) is 2.55. The lowest BCUT2D eigenvalue weighted by Crippen LogP contribution is -2.21. The van der Waals surface area contributed by atoms with Crippen LogP contribution >= 0.6 is 0 Å². The molecule has 2 rings (SSSR count). The number of ether oxygens (including phenoxy) is 1. The number of rotatable bonds is 10. The molecule has 2 aromatic rings. The van der Waals surface area contributed by atoms with Gasteiger partial charge in [0.1, 0.15) is 5.75 Å². The number of anilines is 3. The molecule has 2 aromatic carbocycles. The van der Waals surface area contributed by atoms with E-state index in [0.717, 1.165) is 35.7 Å². The maximum atomic E-state index is 12.1. The van der Waals surface area contributed by atoms with Gasteiger partial charge in [-0.25, -0.2) is 0 Å². The van der Waals surface area contributed by atoms with Crippen LogP contribution in [0.5, 0.6) is 5.75 Å². The van der Waals surface area contributed by atoms with Gasteiger partial charge in [0.25, 0.3) is 0 Å². The molecule has 0 saturated heterocycles. The van der Waals surface area contributed by atoms with Gasteiger partial charge in [-0.15, -0.1) is 0 Å². The van der Waals surface area contributed by atoms with Crippen LogP contribution in [0, 0.1) is 0 Å².